The van der Waals surface area contributed by atoms with Crippen LogP contribution in [0.2, 0.25) is 6.04 Å². The molecule has 176 valence electrons. The van der Waals surface area contributed by atoms with Crippen molar-refractivity contribution in [2.45, 2.75) is 65.3 Å². The molecule has 0 N–H and O–H groups in total. The molecule has 0 aliphatic rings. The van der Waals surface area contributed by atoms with E-state index in [2.05, 4.69) is 0 Å². The number of hydrogen-bond acceptors (Lipinski definition) is 6. The molecule has 31 heavy (non-hydrogen) atoms. The highest BCUT2D eigenvalue weighted by Gasteiger charge is 2.39. The molecule has 0 heterocycles. The lowest BCUT2D eigenvalue weighted by Crippen LogP contribution is -2.45. The molecule has 1 aromatic carbocycles. The van der Waals surface area contributed by atoms with Crippen molar-refractivity contribution >= 4 is 20.8 Å². The SMILES string of the molecule is CCO[Si](CCCCCCCCOc1ccc(/C=C/C(=O)[O-])cc1F)(OCC)OCC. The summed E-state index contributed by atoms with van der Waals surface area (Å²) < 4.78 is 37.1. The monoisotopic (exact) mass is 455 g/mol. The lowest BCUT2D eigenvalue weighted by atomic mass is 10.1. The van der Waals surface area contributed by atoms with Gasteiger partial charge in [0, 0.05) is 25.9 Å². The number of carbonyl (C=O) groups is 1. The Morgan fingerprint density at radius 1 is 0.968 bits per heavy atom. The van der Waals surface area contributed by atoms with Crippen LogP contribution in [-0.4, -0.2) is 41.2 Å². The Labute approximate surface area is 186 Å². The first-order chi connectivity index (χ1) is 15.0. The van der Waals surface area contributed by atoms with E-state index < -0.39 is 20.6 Å². The zero-order valence-corrected chi connectivity index (χ0v) is 20.0. The van der Waals surface area contributed by atoms with Gasteiger partial charge in [0.2, 0.25) is 0 Å². The van der Waals surface area contributed by atoms with Gasteiger partial charge in [0.25, 0.3) is 0 Å². The van der Waals surface area contributed by atoms with Gasteiger partial charge in [0.15, 0.2) is 11.6 Å². The third kappa shape index (κ3) is 11.4. The highest BCUT2D eigenvalue weighted by molar-refractivity contribution is 6.60. The van der Waals surface area contributed by atoms with Gasteiger partial charge in [-0.2, -0.15) is 0 Å². The van der Waals surface area contributed by atoms with Gasteiger partial charge in [-0.1, -0.05) is 37.8 Å². The van der Waals surface area contributed by atoms with Crippen LogP contribution in [0.3, 0.4) is 0 Å². The second-order valence-electron chi connectivity index (χ2n) is 7.04. The van der Waals surface area contributed by atoms with Gasteiger partial charge in [0.1, 0.15) is 0 Å². The number of benzene rings is 1. The standard InChI is InChI=1S/C23H37FO6Si/c1-4-28-31(29-5-2,30-6-3)18-12-10-8-7-9-11-17-27-22-15-13-20(19-21(22)24)14-16-23(25)26/h13-16,19H,4-12,17-18H2,1-3H3,(H,25,26)/p-1/b16-14+. The van der Waals surface area contributed by atoms with Crippen molar-refractivity contribution in [3.63, 3.8) is 0 Å². The van der Waals surface area contributed by atoms with E-state index in [9.17, 15) is 14.3 Å². The number of carbonyl (C=O) groups excluding carboxylic acids is 1. The molecule has 0 radical (unpaired) electrons. The molecule has 0 saturated carbocycles. The molecule has 0 unspecified atom stereocenters. The molecule has 0 saturated heterocycles. The summed E-state index contributed by atoms with van der Waals surface area (Å²) >= 11 is 0. The van der Waals surface area contributed by atoms with Crippen LogP contribution in [0.4, 0.5) is 4.39 Å². The van der Waals surface area contributed by atoms with Gasteiger partial charge in [-0.25, -0.2) is 4.39 Å². The summed E-state index contributed by atoms with van der Waals surface area (Å²) in [4.78, 5) is 10.4. The number of rotatable bonds is 18. The van der Waals surface area contributed by atoms with E-state index in [0.717, 1.165) is 50.6 Å². The third-order valence-electron chi connectivity index (χ3n) is 4.60. The average Bonchev–Trinajstić information content (AvgIpc) is 2.72. The van der Waals surface area contributed by atoms with Gasteiger partial charge in [-0.15, -0.1) is 0 Å². The fourth-order valence-electron chi connectivity index (χ4n) is 3.24. The average molecular weight is 456 g/mol. The maximum absolute atomic E-state index is 14.0. The first-order valence-corrected chi connectivity index (χ1v) is 13.1. The summed E-state index contributed by atoms with van der Waals surface area (Å²) in [5.74, 6) is -1.65. The minimum Gasteiger partial charge on any atom is -0.545 e. The molecule has 8 heteroatoms. The molecule has 0 aromatic heterocycles. The fraction of sp³-hybridized carbons (Fsp3) is 0.609. The molecule has 6 nitrogen and oxygen atoms in total. The lowest BCUT2D eigenvalue weighted by molar-refractivity contribution is -0.297. The lowest BCUT2D eigenvalue weighted by Gasteiger charge is -2.28. The van der Waals surface area contributed by atoms with E-state index in [4.69, 9.17) is 18.0 Å². The van der Waals surface area contributed by atoms with Crippen LogP contribution in [0.25, 0.3) is 6.08 Å². The van der Waals surface area contributed by atoms with Gasteiger partial charge in [0.05, 0.1) is 12.6 Å². The van der Waals surface area contributed by atoms with Crippen molar-refractivity contribution in [2.24, 2.45) is 0 Å². The largest absolute Gasteiger partial charge is 0.545 e. The quantitative estimate of drug-likeness (QED) is 0.186. The first kappa shape index (κ1) is 27.3. The van der Waals surface area contributed by atoms with E-state index in [0.29, 0.717) is 32.0 Å². The first-order valence-electron chi connectivity index (χ1n) is 11.2. The smallest absolute Gasteiger partial charge is 0.500 e. The second kappa shape index (κ2) is 16.0. The molecule has 0 aliphatic carbocycles. The van der Waals surface area contributed by atoms with E-state index in [1.165, 1.54) is 18.2 Å². The van der Waals surface area contributed by atoms with Gasteiger partial charge >= 0.3 is 8.80 Å². The van der Waals surface area contributed by atoms with Gasteiger partial charge < -0.3 is 27.9 Å². The predicted octanol–water partition coefficient (Wildman–Crippen LogP) is 4.36. The zero-order valence-electron chi connectivity index (χ0n) is 19.0. The Kier molecular flexibility index (Phi) is 14.1. The predicted molar refractivity (Wildman–Crippen MR) is 119 cm³/mol. The Bertz CT molecular complexity index is 650. The Morgan fingerprint density at radius 3 is 2.10 bits per heavy atom. The van der Waals surface area contributed by atoms with Crippen molar-refractivity contribution in [3.8, 4) is 5.75 Å². The van der Waals surface area contributed by atoms with Crippen molar-refractivity contribution in [1.29, 1.82) is 0 Å². The highest BCUT2D eigenvalue weighted by atomic mass is 28.4. The maximum Gasteiger partial charge on any atom is 0.500 e. The second-order valence-corrected chi connectivity index (χ2v) is 9.78. The number of aliphatic carboxylic acids is 1. The van der Waals surface area contributed by atoms with Crippen LogP contribution in [0.15, 0.2) is 24.3 Å². The minimum atomic E-state index is -2.53. The normalized spacial score (nSPS) is 11.9. The summed E-state index contributed by atoms with van der Waals surface area (Å²) in [5, 5.41) is 10.4. The summed E-state index contributed by atoms with van der Waals surface area (Å²) in [7, 11) is -2.53. The van der Waals surface area contributed by atoms with Crippen molar-refractivity contribution in [3.05, 3.63) is 35.7 Å². The maximum atomic E-state index is 14.0. The molecule has 0 bridgehead atoms. The molecule has 0 amide bonds. The third-order valence-corrected chi connectivity index (χ3v) is 7.75. The van der Waals surface area contributed by atoms with Crippen molar-refractivity contribution in [2.75, 3.05) is 26.4 Å². The molecule has 0 spiro atoms. The summed E-state index contributed by atoms with van der Waals surface area (Å²) in [6, 6.07) is 5.20. The number of hydrogen-bond donors (Lipinski definition) is 0. The molecule has 1 rings (SSSR count). The van der Waals surface area contributed by atoms with Crippen LogP contribution in [0.5, 0.6) is 5.75 Å². The number of halogens is 1. The van der Waals surface area contributed by atoms with Crippen LogP contribution in [-0.2, 0) is 18.1 Å². The Morgan fingerprint density at radius 2 is 1.55 bits per heavy atom. The van der Waals surface area contributed by atoms with E-state index in [-0.39, 0.29) is 5.75 Å². The van der Waals surface area contributed by atoms with Crippen LogP contribution < -0.4 is 9.84 Å². The Hall–Kier alpha value is -1.74. The van der Waals surface area contributed by atoms with E-state index in [1.807, 2.05) is 20.8 Å². The zero-order chi connectivity index (χ0) is 23.0. The van der Waals surface area contributed by atoms with Crippen LogP contribution >= 0.6 is 0 Å². The molecular weight excluding hydrogens is 419 g/mol. The van der Waals surface area contributed by atoms with E-state index >= 15 is 0 Å². The van der Waals surface area contributed by atoms with Crippen molar-refractivity contribution < 1.29 is 32.3 Å². The van der Waals surface area contributed by atoms with Gasteiger partial charge in [-0.05, 0) is 57.4 Å². The summed E-state index contributed by atoms with van der Waals surface area (Å²) in [6.45, 7) is 8.16. The topological polar surface area (TPSA) is 77.1 Å². The van der Waals surface area contributed by atoms with Crippen LogP contribution in [0, 0.1) is 5.82 Å². The Balaban J connectivity index is 2.22. The molecule has 0 aliphatic heterocycles. The highest BCUT2D eigenvalue weighted by Crippen LogP contribution is 2.21. The number of ether oxygens (including phenoxy) is 1. The number of carboxylic acid groups (broad SMARTS) is 1. The fourth-order valence-corrected chi connectivity index (χ4v) is 5.92. The number of unbranched alkanes of at least 4 members (excludes halogenated alkanes) is 5. The molecule has 0 atom stereocenters. The molecule has 0 fully saturated rings. The molecule has 1 aromatic rings. The summed E-state index contributed by atoms with van der Waals surface area (Å²) in [5.41, 5.74) is 0.444. The molecular formula is C23H36FO6Si-. The van der Waals surface area contributed by atoms with Gasteiger partial charge in [-0.3, -0.25) is 0 Å². The minimum absolute atomic E-state index is 0.176. The summed E-state index contributed by atoms with van der Waals surface area (Å²) in [6.07, 6.45) is 8.33. The van der Waals surface area contributed by atoms with Crippen LogP contribution in [0.1, 0.15) is 64.9 Å². The van der Waals surface area contributed by atoms with Crippen molar-refractivity contribution in [1.82, 2.24) is 0 Å². The van der Waals surface area contributed by atoms with E-state index in [1.54, 1.807) is 6.07 Å². The number of carboxylic acids is 1.